The van der Waals surface area contributed by atoms with Crippen molar-refractivity contribution in [3.05, 3.63) is 45.3 Å². The van der Waals surface area contributed by atoms with E-state index in [1.54, 1.807) is 23.6 Å². The van der Waals surface area contributed by atoms with Crippen LogP contribution in [0.3, 0.4) is 0 Å². The van der Waals surface area contributed by atoms with Gasteiger partial charge in [-0.15, -0.1) is 11.3 Å². The molecule has 0 amide bonds. The second kappa shape index (κ2) is 5.91. The molecule has 0 bridgehead atoms. The Balaban J connectivity index is 2.23. The lowest BCUT2D eigenvalue weighted by atomic mass is 10.2. The summed E-state index contributed by atoms with van der Waals surface area (Å²) in [4.78, 5) is 0. The van der Waals surface area contributed by atoms with Crippen molar-refractivity contribution < 1.29 is 8.42 Å². The van der Waals surface area contributed by atoms with E-state index in [2.05, 4.69) is 0 Å². The zero-order chi connectivity index (χ0) is 14.9. The van der Waals surface area contributed by atoms with Crippen LogP contribution in [0, 0.1) is 0 Å². The van der Waals surface area contributed by atoms with E-state index in [1.165, 1.54) is 17.4 Å². The fourth-order valence-electron chi connectivity index (χ4n) is 1.60. The predicted molar refractivity (Wildman–Crippen MR) is 83.8 cm³/mol. The molecular weight excluding hydrogens is 339 g/mol. The van der Waals surface area contributed by atoms with Crippen LogP contribution in [0.15, 0.2) is 33.9 Å². The van der Waals surface area contributed by atoms with Gasteiger partial charge >= 0.3 is 0 Å². The quantitative estimate of drug-likeness (QED) is 0.918. The van der Waals surface area contributed by atoms with Crippen molar-refractivity contribution in [1.29, 1.82) is 0 Å². The molecule has 0 aliphatic carbocycles. The topological polar surface area (TPSA) is 63.4 Å². The Morgan fingerprint density at radius 1 is 1.25 bits per heavy atom. The van der Waals surface area contributed by atoms with Crippen LogP contribution in [-0.2, 0) is 16.6 Å². The summed E-state index contributed by atoms with van der Waals surface area (Å²) < 4.78 is 26.1. The number of nitrogen functional groups attached to an aromatic ring is 1. The molecule has 1 aromatic heterocycles. The number of halogens is 2. The largest absolute Gasteiger partial charge is 0.398 e. The van der Waals surface area contributed by atoms with Gasteiger partial charge in [0, 0.05) is 24.7 Å². The number of nitrogens with two attached hydrogens (primary N) is 1. The van der Waals surface area contributed by atoms with Crippen molar-refractivity contribution in [3.63, 3.8) is 0 Å². The van der Waals surface area contributed by atoms with Gasteiger partial charge in [-0.2, -0.15) is 4.31 Å². The Hall–Kier alpha value is -0.790. The minimum Gasteiger partial charge on any atom is -0.398 e. The number of rotatable bonds is 4. The molecule has 0 saturated heterocycles. The standard InChI is InChI=1S/C12H12Cl2N2O2S2/c1-16(6-8-2-3-10(13)11(14)4-8)20(17,18)12-5-9(15)7-19-12/h2-5,7H,6,15H2,1H3. The molecule has 2 N–H and O–H groups in total. The Morgan fingerprint density at radius 3 is 2.50 bits per heavy atom. The minimum atomic E-state index is -3.54. The van der Waals surface area contributed by atoms with Crippen molar-refractivity contribution >= 4 is 50.2 Å². The zero-order valence-corrected chi connectivity index (χ0v) is 13.7. The van der Waals surface area contributed by atoms with E-state index >= 15 is 0 Å². The van der Waals surface area contributed by atoms with Gasteiger partial charge in [-0.05, 0) is 23.8 Å². The van der Waals surface area contributed by atoms with Crippen LogP contribution in [0.5, 0.6) is 0 Å². The first-order valence-corrected chi connectivity index (χ1v) is 8.62. The van der Waals surface area contributed by atoms with Gasteiger partial charge in [0.1, 0.15) is 4.21 Å². The van der Waals surface area contributed by atoms with Gasteiger partial charge in [0.25, 0.3) is 10.0 Å². The number of thiophene rings is 1. The zero-order valence-electron chi connectivity index (χ0n) is 10.5. The van der Waals surface area contributed by atoms with Crippen LogP contribution >= 0.6 is 34.5 Å². The first kappa shape index (κ1) is 15.6. The van der Waals surface area contributed by atoms with Crippen molar-refractivity contribution in [2.24, 2.45) is 0 Å². The Labute approximate surface area is 131 Å². The Morgan fingerprint density at radius 2 is 1.95 bits per heavy atom. The van der Waals surface area contributed by atoms with Crippen LogP contribution in [0.25, 0.3) is 0 Å². The van der Waals surface area contributed by atoms with E-state index in [0.29, 0.717) is 15.7 Å². The summed E-state index contributed by atoms with van der Waals surface area (Å²) in [5.41, 5.74) is 6.76. The Kier molecular flexibility index (Phi) is 4.61. The number of hydrogen-bond donors (Lipinski definition) is 1. The van der Waals surface area contributed by atoms with Crippen LogP contribution in [-0.4, -0.2) is 19.8 Å². The third-order valence-electron chi connectivity index (χ3n) is 2.65. The summed E-state index contributed by atoms with van der Waals surface area (Å²) in [6, 6.07) is 6.48. The second-order valence-electron chi connectivity index (χ2n) is 4.21. The number of anilines is 1. The van der Waals surface area contributed by atoms with Gasteiger partial charge in [-0.1, -0.05) is 29.3 Å². The van der Waals surface area contributed by atoms with E-state index in [9.17, 15) is 8.42 Å². The molecule has 0 atom stereocenters. The molecule has 0 saturated carbocycles. The lowest BCUT2D eigenvalue weighted by Gasteiger charge is -2.16. The van der Waals surface area contributed by atoms with E-state index in [0.717, 1.165) is 16.9 Å². The van der Waals surface area contributed by atoms with Crippen molar-refractivity contribution in [2.75, 3.05) is 12.8 Å². The molecule has 2 aromatic rings. The highest BCUT2D eigenvalue weighted by Crippen LogP contribution is 2.27. The molecule has 0 aliphatic heterocycles. The molecule has 0 spiro atoms. The molecule has 8 heteroatoms. The second-order valence-corrected chi connectivity index (χ2v) is 8.21. The summed E-state index contributed by atoms with van der Waals surface area (Å²) in [6.07, 6.45) is 0. The molecule has 2 rings (SSSR count). The van der Waals surface area contributed by atoms with E-state index in [-0.39, 0.29) is 10.8 Å². The van der Waals surface area contributed by atoms with Gasteiger partial charge in [-0.25, -0.2) is 8.42 Å². The number of benzene rings is 1. The van der Waals surface area contributed by atoms with Crippen molar-refractivity contribution in [2.45, 2.75) is 10.8 Å². The molecule has 1 aromatic carbocycles. The molecule has 0 fully saturated rings. The summed E-state index contributed by atoms with van der Waals surface area (Å²) in [5.74, 6) is 0. The summed E-state index contributed by atoms with van der Waals surface area (Å²) in [5, 5.41) is 2.43. The predicted octanol–water partition coefficient (Wildman–Crippen LogP) is 3.46. The molecular formula is C12H12Cl2N2O2S2. The van der Waals surface area contributed by atoms with Gasteiger partial charge in [0.2, 0.25) is 0 Å². The van der Waals surface area contributed by atoms with Crippen molar-refractivity contribution in [3.8, 4) is 0 Å². The van der Waals surface area contributed by atoms with E-state index in [1.807, 2.05) is 0 Å². The first-order chi connectivity index (χ1) is 9.30. The van der Waals surface area contributed by atoms with Gasteiger partial charge in [-0.3, -0.25) is 0 Å². The van der Waals surface area contributed by atoms with Crippen molar-refractivity contribution in [1.82, 2.24) is 4.31 Å². The lowest BCUT2D eigenvalue weighted by molar-refractivity contribution is 0.468. The third-order valence-corrected chi connectivity index (χ3v) is 6.63. The molecule has 20 heavy (non-hydrogen) atoms. The highest BCUT2D eigenvalue weighted by molar-refractivity contribution is 7.91. The maximum Gasteiger partial charge on any atom is 0.252 e. The molecule has 0 aliphatic rings. The molecule has 0 unspecified atom stereocenters. The van der Waals surface area contributed by atoms with Gasteiger partial charge in [0.15, 0.2) is 0 Å². The number of sulfonamides is 1. The van der Waals surface area contributed by atoms with Gasteiger partial charge < -0.3 is 5.73 Å². The fraction of sp³-hybridized carbons (Fsp3) is 0.167. The summed E-state index contributed by atoms with van der Waals surface area (Å²) in [7, 11) is -2.04. The maximum atomic E-state index is 12.3. The first-order valence-electron chi connectivity index (χ1n) is 5.55. The highest BCUT2D eigenvalue weighted by Gasteiger charge is 2.22. The monoisotopic (exact) mass is 350 g/mol. The van der Waals surface area contributed by atoms with Crippen LogP contribution in [0.1, 0.15) is 5.56 Å². The smallest absolute Gasteiger partial charge is 0.252 e. The van der Waals surface area contributed by atoms with Crippen LogP contribution in [0.2, 0.25) is 10.0 Å². The minimum absolute atomic E-state index is 0.205. The van der Waals surface area contributed by atoms with E-state index < -0.39 is 10.0 Å². The molecule has 1 heterocycles. The fourth-order valence-corrected chi connectivity index (χ4v) is 4.37. The average molecular weight is 351 g/mol. The normalized spacial score (nSPS) is 12.0. The SMILES string of the molecule is CN(Cc1ccc(Cl)c(Cl)c1)S(=O)(=O)c1cc(N)cs1. The lowest BCUT2D eigenvalue weighted by Crippen LogP contribution is -2.25. The third kappa shape index (κ3) is 3.27. The van der Waals surface area contributed by atoms with Crippen LogP contribution in [0.4, 0.5) is 5.69 Å². The average Bonchev–Trinajstić information content (AvgIpc) is 2.81. The molecule has 108 valence electrons. The number of nitrogens with zero attached hydrogens (tertiary/aromatic N) is 1. The van der Waals surface area contributed by atoms with Gasteiger partial charge in [0.05, 0.1) is 10.0 Å². The molecule has 0 radical (unpaired) electrons. The summed E-state index contributed by atoms with van der Waals surface area (Å²) in [6.45, 7) is 0.205. The van der Waals surface area contributed by atoms with Crippen LogP contribution < -0.4 is 5.73 Å². The number of hydrogen-bond acceptors (Lipinski definition) is 4. The maximum absolute atomic E-state index is 12.3. The highest BCUT2D eigenvalue weighted by atomic mass is 35.5. The summed E-state index contributed by atoms with van der Waals surface area (Å²) >= 11 is 12.8. The van der Waals surface area contributed by atoms with E-state index in [4.69, 9.17) is 28.9 Å². The molecule has 4 nitrogen and oxygen atoms in total. The Bertz CT molecular complexity index is 729.